The largest absolute Gasteiger partial charge is 0.388 e. The molecule has 0 spiro atoms. The summed E-state index contributed by atoms with van der Waals surface area (Å²) in [6, 6.07) is 0. The van der Waals surface area contributed by atoms with E-state index in [4.69, 9.17) is 0 Å². The van der Waals surface area contributed by atoms with Crippen molar-refractivity contribution in [3.8, 4) is 0 Å². The summed E-state index contributed by atoms with van der Waals surface area (Å²) in [5.74, 6) is -0.548. The zero-order chi connectivity index (χ0) is 11.7. The van der Waals surface area contributed by atoms with E-state index in [1.807, 2.05) is 0 Å². The molecule has 0 aromatic carbocycles. The molecule has 3 N–H and O–H groups in total. The topological polar surface area (TPSA) is 102 Å². The maximum Gasteiger partial charge on any atom is 0.270 e. The molecule has 2 heterocycles. The highest BCUT2D eigenvalue weighted by Gasteiger charge is 2.34. The molecule has 7 nitrogen and oxygen atoms in total. The number of nitrogens with zero attached hydrogens (tertiary/aromatic N) is 2. The van der Waals surface area contributed by atoms with Crippen molar-refractivity contribution in [1.82, 2.24) is 10.3 Å². The summed E-state index contributed by atoms with van der Waals surface area (Å²) in [7, 11) is 0. The molecule has 0 saturated carbocycles. The summed E-state index contributed by atoms with van der Waals surface area (Å²) in [6.45, 7) is 0.208. The number of nitrogens with one attached hydrogen (secondary N) is 1. The molecule has 2 amide bonds. The van der Waals surface area contributed by atoms with Crippen LogP contribution in [0.15, 0.2) is 5.10 Å². The first-order valence-electron chi connectivity index (χ1n) is 5.08. The number of rotatable bonds is 1. The summed E-state index contributed by atoms with van der Waals surface area (Å²) in [5, 5.41) is 22.3. The molecule has 0 radical (unpaired) electrons. The number of aliphatic hydroxyl groups excluding tert-OH is 2. The third-order valence-corrected chi connectivity index (χ3v) is 2.70. The van der Waals surface area contributed by atoms with Gasteiger partial charge in [-0.1, -0.05) is 0 Å². The number of amides is 2. The minimum Gasteiger partial charge on any atom is -0.388 e. The van der Waals surface area contributed by atoms with Gasteiger partial charge in [-0.2, -0.15) is 5.10 Å². The van der Waals surface area contributed by atoms with Gasteiger partial charge in [-0.3, -0.25) is 9.59 Å². The number of likely N-dealkylation sites (tertiary alicyclic amines) is 1. The molecule has 1 fully saturated rings. The second-order valence-electron chi connectivity index (χ2n) is 3.94. The Balaban J connectivity index is 2.01. The summed E-state index contributed by atoms with van der Waals surface area (Å²) >= 11 is 0. The summed E-state index contributed by atoms with van der Waals surface area (Å²) in [4.78, 5) is 24.0. The second-order valence-corrected chi connectivity index (χ2v) is 3.94. The Morgan fingerprint density at radius 3 is 2.44 bits per heavy atom. The number of aliphatic hydroxyl groups is 2. The number of β-amino-alcohol motifs (C(OH)–C–C–N with tert-alkyl or cyclic N) is 2. The minimum atomic E-state index is -0.900. The van der Waals surface area contributed by atoms with E-state index in [1.54, 1.807) is 0 Å². The molecule has 16 heavy (non-hydrogen) atoms. The molecule has 2 unspecified atom stereocenters. The molecule has 0 aromatic heterocycles. The normalized spacial score (nSPS) is 30.0. The van der Waals surface area contributed by atoms with Crippen LogP contribution < -0.4 is 5.43 Å². The number of carbonyl (C=O) groups is 2. The van der Waals surface area contributed by atoms with Crippen LogP contribution >= 0.6 is 0 Å². The lowest BCUT2D eigenvalue weighted by molar-refractivity contribution is -0.124. The molecule has 0 aromatic rings. The fraction of sp³-hybridized carbons (Fsp3) is 0.667. The first-order chi connectivity index (χ1) is 7.58. The summed E-state index contributed by atoms with van der Waals surface area (Å²) in [5.41, 5.74) is 2.50. The zero-order valence-corrected chi connectivity index (χ0v) is 8.59. The van der Waals surface area contributed by atoms with Gasteiger partial charge in [0.25, 0.3) is 5.91 Å². The van der Waals surface area contributed by atoms with Crippen LogP contribution in [0.2, 0.25) is 0 Å². The first kappa shape index (κ1) is 11.0. The number of hydrogen-bond donors (Lipinski definition) is 3. The summed E-state index contributed by atoms with van der Waals surface area (Å²) in [6.07, 6.45) is -1.26. The Morgan fingerprint density at radius 1 is 1.31 bits per heavy atom. The average Bonchev–Trinajstić information content (AvgIpc) is 2.59. The fourth-order valence-electron chi connectivity index (χ4n) is 1.75. The van der Waals surface area contributed by atoms with Crippen molar-refractivity contribution < 1.29 is 19.8 Å². The molecular formula is C9H13N3O4. The van der Waals surface area contributed by atoms with Crippen molar-refractivity contribution in [3.05, 3.63) is 0 Å². The first-order valence-corrected chi connectivity index (χ1v) is 5.08. The van der Waals surface area contributed by atoms with E-state index in [0.717, 1.165) is 0 Å². The third kappa shape index (κ3) is 2.05. The molecule has 2 aliphatic heterocycles. The Hall–Kier alpha value is -1.47. The van der Waals surface area contributed by atoms with Crippen LogP contribution in [0.25, 0.3) is 0 Å². The maximum atomic E-state index is 11.8. The maximum absolute atomic E-state index is 11.8. The highest BCUT2D eigenvalue weighted by atomic mass is 16.3. The molecule has 88 valence electrons. The van der Waals surface area contributed by atoms with Gasteiger partial charge in [0.05, 0.1) is 12.2 Å². The summed E-state index contributed by atoms with van der Waals surface area (Å²) < 4.78 is 0. The second kappa shape index (κ2) is 4.18. The van der Waals surface area contributed by atoms with Gasteiger partial charge in [0.2, 0.25) is 5.91 Å². The van der Waals surface area contributed by atoms with Gasteiger partial charge in [-0.15, -0.1) is 0 Å². The van der Waals surface area contributed by atoms with Crippen molar-refractivity contribution in [3.63, 3.8) is 0 Å². The molecular weight excluding hydrogens is 214 g/mol. The van der Waals surface area contributed by atoms with E-state index in [-0.39, 0.29) is 37.0 Å². The lowest BCUT2D eigenvalue weighted by Crippen LogP contribution is -2.39. The third-order valence-electron chi connectivity index (χ3n) is 2.70. The van der Waals surface area contributed by atoms with E-state index in [1.165, 1.54) is 4.90 Å². The van der Waals surface area contributed by atoms with E-state index in [2.05, 4.69) is 10.5 Å². The zero-order valence-electron chi connectivity index (χ0n) is 8.59. The lowest BCUT2D eigenvalue weighted by Gasteiger charge is -2.18. The van der Waals surface area contributed by atoms with Crippen LogP contribution in [0.4, 0.5) is 0 Å². The average molecular weight is 227 g/mol. The highest BCUT2D eigenvalue weighted by molar-refractivity contribution is 6.39. The molecule has 2 aliphatic rings. The van der Waals surface area contributed by atoms with Crippen LogP contribution in [0, 0.1) is 0 Å². The predicted molar refractivity (Wildman–Crippen MR) is 53.4 cm³/mol. The molecule has 2 atom stereocenters. The van der Waals surface area contributed by atoms with Gasteiger partial charge in [0.15, 0.2) is 0 Å². The van der Waals surface area contributed by atoms with Gasteiger partial charge in [0.1, 0.15) is 5.71 Å². The quantitative estimate of drug-likeness (QED) is 0.473. The molecule has 0 bridgehead atoms. The number of hydrogen-bond acceptors (Lipinski definition) is 5. The van der Waals surface area contributed by atoms with Crippen LogP contribution in [-0.2, 0) is 9.59 Å². The van der Waals surface area contributed by atoms with Gasteiger partial charge in [-0.05, 0) is 0 Å². The van der Waals surface area contributed by atoms with Crippen LogP contribution in [0.3, 0.4) is 0 Å². The molecule has 7 heteroatoms. The Bertz CT molecular complexity index is 345. The van der Waals surface area contributed by atoms with E-state index >= 15 is 0 Å². The van der Waals surface area contributed by atoms with Crippen LogP contribution in [-0.4, -0.2) is 57.9 Å². The smallest absolute Gasteiger partial charge is 0.270 e. The monoisotopic (exact) mass is 227 g/mol. The Kier molecular flexibility index (Phi) is 2.88. The van der Waals surface area contributed by atoms with E-state index in [9.17, 15) is 19.8 Å². The number of hydrazone groups is 1. The SMILES string of the molecule is O=C1CCC(C(=O)N2CC(O)C(O)C2)=NN1. The van der Waals surface area contributed by atoms with Crippen molar-refractivity contribution in [2.24, 2.45) is 5.10 Å². The van der Waals surface area contributed by atoms with Crippen LogP contribution in [0.1, 0.15) is 12.8 Å². The molecule has 2 rings (SSSR count). The fourth-order valence-corrected chi connectivity index (χ4v) is 1.75. The Labute approximate surface area is 91.7 Å². The minimum absolute atomic E-state index is 0.104. The number of carbonyl (C=O) groups excluding carboxylic acids is 2. The van der Waals surface area contributed by atoms with Crippen molar-refractivity contribution >= 4 is 17.5 Å². The predicted octanol–water partition coefficient (Wildman–Crippen LogP) is -2.18. The van der Waals surface area contributed by atoms with Crippen molar-refractivity contribution in [2.45, 2.75) is 25.0 Å². The Morgan fingerprint density at radius 2 is 1.94 bits per heavy atom. The van der Waals surface area contributed by atoms with E-state index in [0.29, 0.717) is 6.42 Å². The van der Waals surface area contributed by atoms with Gasteiger partial charge < -0.3 is 15.1 Å². The lowest BCUT2D eigenvalue weighted by atomic mass is 10.1. The molecule has 1 saturated heterocycles. The highest BCUT2D eigenvalue weighted by Crippen LogP contribution is 2.12. The standard InChI is InChI=1S/C9H13N3O4/c13-6-3-12(4-7(6)14)9(16)5-1-2-8(15)11-10-5/h6-7,13-14H,1-4H2,(H,11,15). The van der Waals surface area contributed by atoms with Gasteiger partial charge in [-0.25, -0.2) is 5.43 Å². The van der Waals surface area contributed by atoms with Crippen LogP contribution in [0.5, 0.6) is 0 Å². The molecule has 0 aliphatic carbocycles. The van der Waals surface area contributed by atoms with Crippen molar-refractivity contribution in [1.29, 1.82) is 0 Å². The van der Waals surface area contributed by atoms with Gasteiger partial charge >= 0.3 is 0 Å². The van der Waals surface area contributed by atoms with Crippen molar-refractivity contribution in [2.75, 3.05) is 13.1 Å². The van der Waals surface area contributed by atoms with E-state index < -0.39 is 12.2 Å². The van der Waals surface area contributed by atoms with Gasteiger partial charge in [0, 0.05) is 25.9 Å².